The van der Waals surface area contributed by atoms with Crippen molar-refractivity contribution in [1.82, 2.24) is 10.2 Å². The monoisotopic (exact) mass is 408 g/mol. The minimum Gasteiger partial charge on any atom is -0.467 e. The molecule has 0 saturated carbocycles. The number of piperidine rings is 1. The van der Waals surface area contributed by atoms with E-state index >= 15 is 0 Å². The number of rotatable bonds is 3. The number of benzene rings is 2. The van der Waals surface area contributed by atoms with Crippen molar-refractivity contribution in [2.75, 3.05) is 39.8 Å². The third-order valence-corrected chi connectivity index (χ3v) is 7.14. The van der Waals surface area contributed by atoms with Crippen LogP contribution in [0.25, 0.3) is 0 Å². The summed E-state index contributed by atoms with van der Waals surface area (Å²) in [5, 5.41) is 3.47. The van der Waals surface area contributed by atoms with Gasteiger partial charge in [0.05, 0.1) is 19.3 Å². The fourth-order valence-electron chi connectivity index (χ4n) is 5.26. The Bertz CT molecular complexity index is 873. The molecule has 0 amide bonds. The van der Waals surface area contributed by atoms with Crippen LogP contribution in [0.3, 0.4) is 0 Å². The van der Waals surface area contributed by atoms with Crippen molar-refractivity contribution in [2.45, 2.75) is 32.1 Å². The molecule has 0 aliphatic carbocycles. The second-order valence-electron chi connectivity index (χ2n) is 9.00. The molecule has 4 aliphatic heterocycles. The molecule has 0 radical (unpaired) electrons. The number of nitrogens with zero attached hydrogens (tertiary/aromatic N) is 1. The number of likely N-dealkylation sites (tertiary alicyclic amines) is 1. The maximum absolute atomic E-state index is 5.66. The van der Waals surface area contributed by atoms with E-state index in [9.17, 15) is 0 Å². The van der Waals surface area contributed by atoms with Gasteiger partial charge in [-0.2, -0.15) is 0 Å². The molecule has 0 unspecified atom stereocenters. The van der Waals surface area contributed by atoms with E-state index in [2.05, 4.69) is 46.6 Å². The molecule has 0 atom stereocenters. The molecule has 6 nitrogen and oxygen atoms in total. The van der Waals surface area contributed by atoms with E-state index in [-0.39, 0.29) is 6.04 Å². The minimum atomic E-state index is 0.204. The molecule has 4 aliphatic rings. The molecule has 2 saturated heterocycles. The highest BCUT2D eigenvalue weighted by Crippen LogP contribution is 2.41. The average molecular weight is 408 g/mol. The summed E-state index contributed by atoms with van der Waals surface area (Å²) in [6.45, 7) is 6.46. The average Bonchev–Trinajstić information content (AvgIpc) is 2.78. The predicted octanol–water partition coefficient (Wildman–Crippen LogP) is 3.19. The van der Waals surface area contributed by atoms with Gasteiger partial charge in [0.1, 0.15) is 11.5 Å². The highest BCUT2D eigenvalue weighted by molar-refractivity contribution is 5.45. The van der Waals surface area contributed by atoms with E-state index in [0.29, 0.717) is 32.2 Å². The molecule has 2 aromatic rings. The molecule has 4 heterocycles. The van der Waals surface area contributed by atoms with Gasteiger partial charge in [-0.15, -0.1) is 0 Å². The van der Waals surface area contributed by atoms with E-state index in [1.807, 2.05) is 0 Å². The Kier molecular flexibility index (Phi) is 4.68. The van der Waals surface area contributed by atoms with E-state index in [1.165, 1.54) is 37.1 Å². The number of ether oxygens (including phenoxy) is 4. The summed E-state index contributed by atoms with van der Waals surface area (Å²) < 4.78 is 22.4. The normalized spacial score (nSPS) is 22.6. The van der Waals surface area contributed by atoms with Crippen molar-refractivity contribution in [1.29, 1.82) is 0 Å². The van der Waals surface area contributed by atoms with Crippen molar-refractivity contribution in [3.8, 4) is 11.5 Å². The third kappa shape index (κ3) is 3.28. The molecule has 158 valence electrons. The van der Waals surface area contributed by atoms with Gasteiger partial charge in [-0.25, -0.2) is 0 Å². The second kappa shape index (κ2) is 7.54. The molecule has 2 fully saturated rings. The van der Waals surface area contributed by atoms with Crippen LogP contribution in [-0.4, -0.2) is 44.7 Å². The highest BCUT2D eigenvalue weighted by Gasteiger charge is 2.41. The Labute approximate surface area is 177 Å². The Morgan fingerprint density at radius 2 is 1.37 bits per heavy atom. The minimum absolute atomic E-state index is 0.204. The first-order chi connectivity index (χ1) is 14.8. The summed E-state index contributed by atoms with van der Waals surface area (Å²) in [6.07, 6.45) is 2.51. The Hall–Kier alpha value is -2.12. The van der Waals surface area contributed by atoms with Gasteiger partial charge in [0.2, 0.25) is 0 Å². The van der Waals surface area contributed by atoms with Crippen molar-refractivity contribution >= 4 is 0 Å². The lowest BCUT2D eigenvalue weighted by atomic mass is 9.73. The molecule has 6 heteroatoms. The number of hydrogen-bond donors (Lipinski definition) is 1. The van der Waals surface area contributed by atoms with Crippen LogP contribution in [0.2, 0.25) is 0 Å². The maximum Gasteiger partial charge on any atom is 0.189 e. The number of fused-ring (bicyclic) bond motifs is 2. The first kappa shape index (κ1) is 18.6. The molecular formula is C24H28N2O4. The van der Waals surface area contributed by atoms with E-state index in [1.54, 1.807) is 0 Å². The molecule has 6 rings (SSSR count). The second-order valence-corrected chi connectivity index (χ2v) is 9.00. The summed E-state index contributed by atoms with van der Waals surface area (Å²) in [6, 6.07) is 13.4. The van der Waals surface area contributed by atoms with Gasteiger partial charge in [0.25, 0.3) is 0 Å². The lowest BCUT2D eigenvalue weighted by Gasteiger charge is -2.50. The van der Waals surface area contributed by atoms with Gasteiger partial charge < -0.3 is 24.3 Å². The molecule has 2 aromatic carbocycles. The summed E-state index contributed by atoms with van der Waals surface area (Å²) in [5.41, 5.74) is 5.37. The standard InChI is InChI=1S/C24H28N2O4/c1-3-21-19(11-27-15-29-21)9-17(1)23(26-7-5-24(6-8-26)13-25-14-24)18-2-4-22-20(10-18)12-28-16-30-22/h1-4,9-10,23,25H,5-8,11-16H2. The first-order valence-electron chi connectivity index (χ1n) is 10.9. The number of hydrogen-bond acceptors (Lipinski definition) is 6. The van der Waals surface area contributed by atoms with Crippen LogP contribution in [-0.2, 0) is 22.7 Å². The molecule has 1 spiro atoms. The van der Waals surface area contributed by atoms with E-state index < -0.39 is 0 Å². The molecule has 30 heavy (non-hydrogen) atoms. The largest absolute Gasteiger partial charge is 0.467 e. The van der Waals surface area contributed by atoms with Crippen molar-refractivity contribution in [3.05, 3.63) is 58.7 Å². The molecular weight excluding hydrogens is 380 g/mol. The van der Waals surface area contributed by atoms with Gasteiger partial charge in [-0.3, -0.25) is 4.90 Å². The van der Waals surface area contributed by atoms with Crippen LogP contribution in [0.4, 0.5) is 0 Å². The lowest BCUT2D eigenvalue weighted by Crippen LogP contribution is -2.58. The highest BCUT2D eigenvalue weighted by atomic mass is 16.7. The van der Waals surface area contributed by atoms with Gasteiger partial charge in [0.15, 0.2) is 13.6 Å². The third-order valence-electron chi connectivity index (χ3n) is 7.14. The molecule has 0 aromatic heterocycles. The summed E-state index contributed by atoms with van der Waals surface area (Å²) in [5.74, 6) is 1.88. The topological polar surface area (TPSA) is 52.2 Å². The zero-order valence-electron chi connectivity index (χ0n) is 17.2. The maximum atomic E-state index is 5.66. The van der Waals surface area contributed by atoms with Gasteiger partial charge >= 0.3 is 0 Å². The zero-order chi connectivity index (χ0) is 20.0. The van der Waals surface area contributed by atoms with Crippen LogP contribution in [0, 0.1) is 5.41 Å². The first-order valence-corrected chi connectivity index (χ1v) is 10.9. The lowest BCUT2D eigenvalue weighted by molar-refractivity contribution is -0.0165. The Morgan fingerprint density at radius 3 is 1.87 bits per heavy atom. The van der Waals surface area contributed by atoms with Crippen LogP contribution < -0.4 is 14.8 Å². The quantitative estimate of drug-likeness (QED) is 0.842. The van der Waals surface area contributed by atoms with Crippen LogP contribution >= 0.6 is 0 Å². The number of nitrogens with one attached hydrogen (secondary N) is 1. The smallest absolute Gasteiger partial charge is 0.189 e. The van der Waals surface area contributed by atoms with Crippen molar-refractivity contribution in [3.63, 3.8) is 0 Å². The van der Waals surface area contributed by atoms with Crippen LogP contribution in [0.5, 0.6) is 11.5 Å². The van der Waals surface area contributed by atoms with Crippen molar-refractivity contribution in [2.24, 2.45) is 5.41 Å². The van der Waals surface area contributed by atoms with Gasteiger partial charge in [-0.1, -0.05) is 12.1 Å². The van der Waals surface area contributed by atoms with E-state index in [4.69, 9.17) is 18.9 Å². The van der Waals surface area contributed by atoms with E-state index in [0.717, 1.165) is 35.7 Å². The Morgan fingerprint density at radius 1 is 0.800 bits per heavy atom. The SMILES string of the molecule is c1cc2c(cc1C(c1ccc3c(c1)COCO3)N1CCC3(CC1)CNC3)COCO2. The fourth-order valence-corrected chi connectivity index (χ4v) is 5.26. The van der Waals surface area contributed by atoms with Crippen LogP contribution in [0.1, 0.15) is 41.1 Å². The van der Waals surface area contributed by atoms with Crippen LogP contribution in [0.15, 0.2) is 36.4 Å². The molecule has 0 bridgehead atoms. The summed E-state index contributed by atoms with van der Waals surface area (Å²) >= 11 is 0. The molecule has 1 N–H and O–H groups in total. The predicted molar refractivity (Wildman–Crippen MR) is 111 cm³/mol. The summed E-state index contributed by atoms with van der Waals surface area (Å²) in [4.78, 5) is 2.64. The fraction of sp³-hybridized carbons (Fsp3) is 0.500. The Balaban J connectivity index is 1.36. The van der Waals surface area contributed by atoms with Crippen molar-refractivity contribution < 1.29 is 18.9 Å². The van der Waals surface area contributed by atoms with Gasteiger partial charge in [0, 0.05) is 24.2 Å². The zero-order valence-corrected chi connectivity index (χ0v) is 17.2. The summed E-state index contributed by atoms with van der Waals surface area (Å²) in [7, 11) is 0. The van der Waals surface area contributed by atoms with Gasteiger partial charge in [-0.05, 0) is 66.7 Å².